The number of hydrogen-bond acceptors (Lipinski definition) is 2. The van der Waals surface area contributed by atoms with Crippen LogP contribution < -0.4 is 10.6 Å². The topological polar surface area (TPSA) is 58.2 Å². The number of anilines is 2. The Bertz CT molecular complexity index is 1000. The van der Waals surface area contributed by atoms with Gasteiger partial charge in [0.15, 0.2) is 0 Å². The molecule has 0 atom stereocenters. The molecule has 0 saturated carbocycles. The van der Waals surface area contributed by atoms with Gasteiger partial charge in [0.2, 0.25) is 0 Å². The molecule has 142 valence electrons. The lowest BCUT2D eigenvalue weighted by atomic mass is 10.1. The fourth-order valence-corrected chi connectivity index (χ4v) is 2.51. The van der Waals surface area contributed by atoms with Crippen LogP contribution in [0.25, 0.3) is 0 Å². The third-order valence-electron chi connectivity index (χ3n) is 3.87. The number of benzene rings is 3. The minimum absolute atomic E-state index is 0.0264. The number of halogens is 3. The van der Waals surface area contributed by atoms with Crippen LogP contribution in [0.2, 0.25) is 0 Å². The minimum atomic E-state index is -4.50. The maximum absolute atomic E-state index is 12.8. The van der Waals surface area contributed by atoms with Gasteiger partial charge in [0, 0.05) is 22.5 Å². The molecular formula is C21H15F3N2O2. The molecule has 0 aliphatic rings. The second-order valence-corrected chi connectivity index (χ2v) is 5.93. The van der Waals surface area contributed by atoms with Gasteiger partial charge in [-0.3, -0.25) is 9.59 Å². The zero-order valence-electron chi connectivity index (χ0n) is 14.5. The van der Waals surface area contributed by atoms with Crippen LogP contribution in [0, 0.1) is 0 Å². The molecule has 7 heteroatoms. The number of rotatable bonds is 4. The van der Waals surface area contributed by atoms with Crippen LogP contribution in [0.5, 0.6) is 0 Å². The van der Waals surface area contributed by atoms with Gasteiger partial charge in [-0.1, -0.05) is 30.3 Å². The Morgan fingerprint density at radius 1 is 0.643 bits per heavy atom. The second kappa shape index (κ2) is 7.96. The number of alkyl halides is 3. The Balaban J connectivity index is 1.73. The Kier molecular flexibility index (Phi) is 5.44. The second-order valence-electron chi connectivity index (χ2n) is 5.93. The van der Waals surface area contributed by atoms with Crippen molar-refractivity contribution in [2.45, 2.75) is 6.18 Å². The van der Waals surface area contributed by atoms with Gasteiger partial charge in [0.1, 0.15) is 0 Å². The number of amides is 2. The molecule has 0 bridgehead atoms. The predicted molar refractivity (Wildman–Crippen MR) is 100 cm³/mol. The summed E-state index contributed by atoms with van der Waals surface area (Å²) in [5.74, 6) is -0.925. The smallest absolute Gasteiger partial charge is 0.322 e. The Hall–Kier alpha value is -3.61. The summed E-state index contributed by atoms with van der Waals surface area (Å²) in [4.78, 5) is 24.6. The van der Waals surface area contributed by atoms with Gasteiger partial charge in [-0.15, -0.1) is 0 Å². The van der Waals surface area contributed by atoms with E-state index in [0.29, 0.717) is 11.3 Å². The van der Waals surface area contributed by atoms with Crippen LogP contribution in [0.3, 0.4) is 0 Å². The highest BCUT2D eigenvalue weighted by Crippen LogP contribution is 2.30. The van der Waals surface area contributed by atoms with Gasteiger partial charge in [0.25, 0.3) is 11.8 Å². The number of carbonyl (C=O) groups excluding carboxylic acids is 2. The molecule has 0 aliphatic heterocycles. The average Bonchev–Trinajstić information content (AvgIpc) is 2.68. The third kappa shape index (κ3) is 4.76. The molecule has 0 fully saturated rings. The molecule has 0 heterocycles. The number of nitrogens with one attached hydrogen (secondary N) is 2. The van der Waals surface area contributed by atoms with Crippen LogP contribution in [-0.4, -0.2) is 11.8 Å². The van der Waals surface area contributed by atoms with E-state index in [1.54, 1.807) is 42.5 Å². The molecule has 0 spiro atoms. The van der Waals surface area contributed by atoms with E-state index in [1.165, 1.54) is 24.3 Å². The van der Waals surface area contributed by atoms with E-state index in [4.69, 9.17) is 0 Å². The summed E-state index contributed by atoms with van der Waals surface area (Å²) in [5.41, 5.74) is 0.225. The molecule has 0 unspecified atom stereocenters. The molecule has 28 heavy (non-hydrogen) atoms. The quantitative estimate of drug-likeness (QED) is 0.649. The highest BCUT2D eigenvalue weighted by atomic mass is 19.4. The van der Waals surface area contributed by atoms with Crippen molar-refractivity contribution >= 4 is 23.2 Å². The van der Waals surface area contributed by atoms with E-state index < -0.39 is 17.6 Å². The fourth-order valence-electron chi connectivity index (χ4n) is 2.51. The van der Waals surface area contributed by atoms with Crippen molar-refractivity contribution in [1.82, 2.24) is 0 Å². The van der Waals surface area contributed by atoms with E-state index in [0.717, 1.165) is 12.1 Å². The molecule has 0 saturated heterocycles. The van der Waals surface area contributed by atoms with Crippen molar-refractivity contribution < 1.29 is 22.8 Å². The van der Waals surface area contributed by atoms with Gasteiger partial charge >= 0.3 is 6.18 Å². The summed E-state index contributed by atoms with van der Waals surface area (Å²) in [6, 6.07) is 19.1. The van der Waals surface area contributed by atoms with E-state index in [9.17, 15) is 22.8 Å². The van der Waals surface area contributed by atoms with Crippen LogP contribution in [0.4, 0.5) is 24.5 Å². The highest BCUT2D eigenvalue weighted by Gasteiger charge is 2.30. The lowest BCUT2D eigenvalue weighted by Crippen LogP contribution is -2.15. The van der Waals surface area contributed by atoms with Crippen molar-refractivity contribution in [3.05, 3.63) is 95.6 Å². The van der Waals surface area contributed by atoms with Crippen molar-refractivity contribution in [3.8, 4) is 0 Å². The first kappa shape index (κ1) is 19.2. The molecule has 0 aromatic heterocycles. The summed E-state index contributed by atoms with van der Waals surface area (Å²) < 4.78 is 38.4. The molecule has 2 N–H and O–H groups in total. The van der Waals surface area contributed by atoms with Gasteiger partial charge in [-0.2, -0.15) is 13.2 Å². The first-order valence-corrected chi connectivity index (χ1v) is 8.28. The Morgan fingerprint density at radius 3 is 1.82 bits per heavy atom. The zero-order valence-corrected chi connectivity index (χ0v) is 14.5. The predicted octanol–water partition coefficient (Wildman–Crippen LogP) is 5.21. The van der Waals surface area contributed by atoms with Crippen molar-refractivity contribution in [2.75, 3.05) is 10.6 Å². The Morgan fingerprint density at radius 2 is 1.18 bits per heavy atom. The van der Waals surface area contributed by atoms with Gasteiger partial charge in [0.05, 0.1) is 5.56 Å². The zero-order chi connectivity index (χ0) is 20.1. The molecule has 0 radical (unpaired) electrons. The molecule has 3 rings (SSSR count). The molecule has 4 nitrogen and oxygen atoms in total. The summed E-state index contributed by atoms with van der Waals surface area (Å²) in [6.07, 6.45) is -4.50. The van der Waals surface area contributed by atoms with Gasteiger partial charge < -0.3 is 10.6 Å². The maximum atomic E-state index is 12.8. The monoisotopic (exact) mass is 384 g/mol. The van der Waals surface area contributed by atoms with Crippen molar-refractivity contribution in [1.29, 1.82) is 0 Å². The molecule has 3 aromatic carbocycles. The van der Waals surface area contributed by atoms with E-state index in [1.807, 2.05) is 0 Å². The molecular weight excluding hydrogens is 369 g/mol. The number of carbonyl (C=O) groups is 2. The maximum Gasteiger partial charge on any atom is 0.416 e. The third-order valence-corrected chi connectivity index (χ3v) is 3.87. The summed E-state index contributed by atoms with van der Waals surface area (Å²) in [7, 11) is 0. The van der Waals surface area contributed by atoms with Crippen molar-refractivity contribution in [3.63, 3.8) is 0 Å². The minimum Gasteiger partial charge on any atom is -0.322 e. The first-order valence-electron chi connectivity index (χ1n) is 8.28. The summed E-state index contributed by atoms with van der Waals surface area (Å²) in [6.45, 7) is 0. The molecule has 3 aromatic rings. The SMILES string of the molecule is O=C(Nc1cccc(C(=O)Nc2cccc(C(F)(F)F)c2)c1)c1ccccc1. The average molecular weight is 384 g/mol. The summed E-state index contributed by atoms with van der Waals surface area (Å²) >= 11 is 0. The van der Waals surface area contributed by atoms with Gasteiger partial charge in [-0.25, -0.2) is 0 Å². The van der Waals surface area contributed by atoms with Gasteiger partial charge in [-0.05, 0) is 48.5 Å². The highest BCUT2D eigenvalue weighted by molar-refractivity contribution is 6.07. The van der Waals surface area contributed by atoms with Crippen LogP contribution in [0.1, 0.15) is 26.3 Å². The first-order chi connectivity index (χ1) is 13.3. The molecule has 0 aliphatic carbocycles. The van der Waals surface area contributed by atoms with Crippen LogP contribution >= 0.6 is 0 Å². The van der Waals surface area contributed by atoms with E-state index in [2.05, 4.69) is 10.6 Å². The van der Waals surface area contributed by atoms with Crippen molar-refractivity contribution in [2.24, 2.45) is 0 Å². The summed E-state index contributed by atoms with van der Waals surface area (Å²) in [5, 5.41) is 5.11. The normalized spacial score (nSPS) is 11.0. The fraction of sp³-hybridized carbons (Fsp3) is 0.0476. The van der Waals surface area contributed by atoms with E-state index >= 15 is 0 Å². The largest absolute Gasteiger partial charge is 0.416 e. The standard InChI is InChI=1S/C21H15F3N2O2/c22-21(23,24)16-9-5-11-18(13-16)26-20(28)15-8-4-10-17(12-15)25-19(27)14-6-2-1-3-7-14/h1-13H,(H,25,27)(H,26,28). The van der Waals surface area contributed by atoms with Crippen LogP contribution in [0.15, 0.2) is 78.9 Å². The van der Waals surface area contributed by atoms with E-state index in [-0.39, 0.29) is 17.2 Å². The van der Waals surface area contributed by atoms with Crippen LogP contribution in [-0.2, 0) is 6.18 Å². The number of hydrogen-bond donors (Lipinski definition) is 2. The molecule has 2 amide bonds. The lowest BCUT2D eigenvalue weighted by molar-refractivity contribution is -0.137. The lowest BCUT2D eigenvalue weighted by Gasteiger charge is -2.11. The Labute approximate surface area is 159 Å².